The molecular weight excluding hydrogens is 1480 g/mol. The molecule has 0 saturated heterocycles. The van der Waals surface area contributed by atoms with Gasteiger partial charge in [0, 0.05) is 0 Å². The molecule has 0 N–H and O–H groups in total. The lowest BCUT2D eigenvalue weighted by Crippen LogP contribution is -2.37. The highest BCUT2D eigenvalue weighted by Crippen LogP contribution is 2.48. The predicted molar refractivity (Wildman–Crippen MR) is 553 cm³/mol. The standard InChI is InChI=1S/C12H24.C11H21F.4C11H22.2C10H20.C9H17F.C9H18.C8H16.C7H14/c1-10(2)9-11-5-7-12(3,4)8-6-11;1-9(2)8-10-4-6-11(3,12)7-5-10;2*1-9(2)8-11-6-4-10(3)5-7-11;1-9(2)7-11-6-4-5-10(3)8-11;1-10(2)9-11-7-5-3-4-6-8-11;1-8(2)5-9-6-10(3,4)7-9;1-9(2)8-10-6-4-3-5-7-10;1-7(2)4-8-5-9(3,10)6-8;1-8(2)7-9-5-3-4-6-9;1-7(2)6-8-4-3-5-8;1-6(2)5-7-3-4-7/h10-11H,5-9H2,1-4H3;9-10H,4-8H2,1-3H3;3*9-11H,4-8H2,1-3H3;10-11H,3-9H2,1-2H3;8-9H,5-7H2,1-4H3;9-10H,3-8H2,1-2H3;7-8H,4-6H2,1-3H3;8-9H,3-7H2,1-2H3;7-8H,3-6H2,1-2H3;6-7H,3-5H2,1-2H3. The molecule has 122 heavy (non-hydrogen) atoms. The fraction of sp³-hybridized carbons (Fsp3) is 1.00. The second kappa shape index (κ2) is 67.1. The van der Waals surface area contributed by atoms with Crippen molar-refractivity contribution in [1.82, 2.24) is 0 Å². The van der Waals surface area contributed by atoms with E-state index in [9.17, 15) is 8.78 Å². The summed E-state index contributed by atoms with van der Waals surface area (Å²) in [7, 11) is 0. The second-order valence-corrected chi connectivity index (χ2v) is 53.3. The third-order valence-corrected chi connectivity index (χ3v) is 30.8. The van der Waals surface area contributed by atoms with Crippen LogP contribution in [0.15, 0.2) is 0 Å². The van der Waals surface area contributed by atoms with Gasteiger partial charge in [0.05, 0.1) is 0 Å². The lowest BCUT2D eigenvalue weighted by atomic mass is 9.62. The van der Waals surface area contributed by atoms with Gasteiger partial charge >= 0.3 is 0 Å². The highest BCUT2D eigenvalue weighted by molar-refractivity contribution is 4.91. The first kappa shape index (κ1) is 120. The predicted octanol–water partition coefficient (Wildman–Crippen LogP) is 42.5. The summed E-state index contributed by atoms with van der Waals surface area (Å²) in [6.45, 7) is 75.9. The fourth-order valence-corrected chi connectivity index (χ4v) is 24.4. The molecule has 0 heterocycles. The van der Waals surface area contributed by atoms with E-state index in [1.165, 1.54) is 321 Å². The van der Waals surface area contributed by atoms with Crippen molar-refractivity contribution in [2.75, 3.05) is 0 Å². The summed E-state index contributed by atoms with van der Waals surface area (Å²) >= 11 is 0. The summed E-state index contributed by atoms with van der Waals surface area (Å²) in [6.07, 6.45) is 79.3. The molecule has 12 saturated carbocycles. The Morgan fingerprint density at radius 3 is 0.615 bits per heavy atom. The molecule has 0 bridgehead atoms. The average Bonchev–Trinajstić information content (AvgIpc) is 0.866. The molecule has 0 aromatic rings. The summed E-state index contributed by atoms with van der Waals surface area (Å²) in [5.74, 6) is 25.9. The Morgan fingerprint density at radius 2 is 0.377 bits per heavy atom. The van der Waals surface area contributed by atoms with Gasteiger partial charge in [-0.15, -0.1) is 0 Å². The Labute approximate surface area is 773 Å². The molecule has 2 unspecified atom stereocenters. The lowest BCUT2D eigenvalue weighted by molar-refractivity contribution is 0.0157. The van der Waals surface area contributed by atoms with E-state index in [2.05, 4.69) is 215 Å². The van der Waals surface area contributed by atoms with E-state index in [0.717, 1.165) is 192 Å². The van der Waals surface area contributed by atoms with E-state index in [1.54, 1.807) is 13.8 Å². The Kier molecular flexibility index (Phi) is 65.9. The fourth-order valence-electron chi connectivity index (χ4n) is 24.4. The van der Waals surface area contributed by atoms with Gasteiger partial charge in [0.1, 0.15) is 11.3 Å². The number of hydrogen-bond acceptors (Lipinski definition) is 0. The van der Waals surface area contributed by atoms with Crippen LogP contribution in [0.1, 0.15) is 588 Å². The Hall–Kier alpha value is -0.140. The van der Waals surface area contributed by atoms with Crippen molar-refractivity contribution >= 4 is 0 Å². The molecule has 12 fully saturated rings. The largest absolute Gasteiger partial charge is 0.244 e. The second-order valence-electron chi connectivity index (χ2n) is 53.3. The summed E-state index contributed by atoms with van der Waals surface area (Å²) in [4.78, 5) is 0. The van der Waals surface area contributed by atoms with Crippen LogP contribution in [0.2, 0.25) is 0 Å². The molecule has 2 heteroatoms. The van der Waals surface area contributed by atoms with Crippen LogP contribution >= 0.6 is 0 Å². The smallest absolute Gasteiger partial charge is 0.108 e. The maximum atomic E-state index is 13.4. The Bertz CT molecular complexity index is 2150. The van der Waals surface area contributed by atoms with Crippen molar-refractivity contribution < 1.29 is 8.78 Å². The van der Waals surface area contributed by atoms with Crippen molar-refractivity contribution in [3.8, 4) is 0 Å². The topological polar surface area (TPSA) is 0 Å². The zero-order chi connectivity index (χ0) is 92.2. The molecule has 0 aromatic heterocycles. The van der Waals surface area contributed by atoms with Gasteiger partial charge in [0.25, 0.3) is 0 Å². The molecule has 0 nitrogen and oxygen atoms in total. The van der Waals surface area contributed by atoms with Crippen molar-refractivity contribution in [3.05, 3.63) is 0 Å². The summed E-state index contributed by atoms with van der Waals surface area (Å²) in [6, 6.07) is 0. The molecule has 0 amide bonds. The Morgan fingerprint density at radius 1 is 0.180 bits per heavy atom. The molecule has 2 atom stereocenters. The van der Waals surface area contributed by atoms with Gasteiger partial charge in [-0.1, -0.05) is 414 Å². The van der Waals surface area contributed by atoms with Gasteiger partial charge in [-0.3, -0.25) is 0 Å². The first-order chi connectivity index (χ1) is 57.0. The van der Waals surface area contributed by atoms with Crippen molar-refractivity contribution in [2.45, 2.75) is 599 Å². The quantitative estimate of drug-likeness (QED) is 0.0845. The van der Waals surface area contributed by atoms with Crippen LogP contribution in [-0.2, 0) is 0 Å². The zero-order valence-corrected chi connectivity index (χ0v) is 90.9. The average molecular weight is 1720 g/mol. The highest BCUT2D eigenvalue weighted by atomic mass is 19.1. The molecule has 12 rings (SSSR count). The van der Waals surface area contributed by atoms with Crippen LogP contribution < -0.4 is 0 Å². The van der Waals surface area contributed by atoms with E-state index in [4.69, 9.17) is 0 Å². The molecule has 0 aliphatic heterocycles. The van der Waals surface area contributed by atoms with Crippen LogP contribution in [0.4, 0.5) is 8.78 Å². The van der Waals surface area contributed by atoms with Crippen LogP contribution in [0.5, 0.6) is 0 Å². The SMILES string of the molecule is CC(C)CC1CC(C)(C)C1.CC(C)CC1CC(C)(F)C1.CC(C)CC1CC1.CC(C)CC1CCC(C)(C)CC1.CC(C)CC1CCC(C)(F)CC1.CC(C)CC1CCC(C)CC1.CC(C)CC1CCC(C)CC1.CC(C)CC1CCC1.CC(C)CC1CCCC(C)C1.CC(C)CC1CCCC1.CC(C)CC1CCCCC1.CC(C)CC1CCCCCC1. The third kappa shape index (κ3) is 70.6. The number of halogens is 2. The van der Waals surface area contributed by atoms with E-state index in [-0.39, 0.29) is 0 Å². The maximum absolute atomic E-state index is 13.4. The number of alkyl halides is 2. The summed E-state index contributed by atoms with van der Waals surface area (Å²) in [5, 5.41) is 0. The van der Waals surface area contributed by atoms with Gasteiger partial charge in [-0.05, 0) is 345 Å². The van der Waals surface area contributed by atoms with Crippen molar-refractivity contribution in [2.24, 2.45) is 171 Å². The van der Waals surface area contributed by atoms with Crippen LogP contribution in [0, 0.1) is 171 Å². The normalized spacial score (nSPS) is 28.3. The van der Waals surface area contributed by atoms with Crippen molar-refractivity contribution in [1.29, 1.82) is 0 Å². The van der Waals surface area contributed by atoms with Gasteiger partial charge in [-0.2, -0.15) is 0 Å². The minimum absolute atomic E-state index is 0.646. The monoisotopic (exact) mass is 1720 g/mol. The third-order valence-electron chi connectivity index (χ3n) is 30.8. The van der Waals surface area contributed by atoms with E-state index >= 15 is 0 Å². The number of hydrogen-bond donors (Lipinski definition) is 0. The van der Waals surface area contributed by atoms with Gasteiger partial charge in [0.15, 0.2) is 0 Å². The van der Waals surface area contributed by atoms with Crippen LogP contribution in [0.3, 0.4) is 0 Å². The summed E-state index contributed by atoms with van der Waals surface area (Å²) in [5.41, 5.74) is -0.347. The molecule has 732 valence electrons. The number of rotatable bonds is 24. The van der Waals surface area contributed by atoms with Crippen LogP contribution in [-0.4, -0.2) is 11.3 Å². The lowest BCUT2D eigenvalue weighted by Gasteiger charge is -2.43. The van der Waals surface area contributed by atoms with Gasteiger partial charge in [-0.25, -0.2) is 8.78 Å². The Balaban J connectivity index is 0.000000667. The van der Waals surface area contributed by atoms with Crippen LogP contribution in [0.25, 0.3) is 0 Å². The summed E-state index contributed by atoms with van der Waals surface area (Å²) < 4.78 is 26.3. The molecule has 0 aromatic carbocycles. The minimum atomic E-state index is -0.854. The molecule has 0 spiro atoms. The highest BCUT2D eigenvalue weighted by Gasteiger charge is 2.40. The maximum Gasteiger partial charge on any atom is 0.108 e. The van der Waals surface area contributed by atoms with E-state index in [1.807, 2.05) is 0 Å². The minimum Gasteiger partial charge on any atom is -0.244 e. The van der Waals surface area contributed by atoms with Gasteiger partial charge < -0.3 is 0 Å². The first-order valence-corrected chi connectivity index (χ1v) is 56.3. The van der Waals surface area contributed by atoms with E-state index < -0.39 is 11.3 Å². The van der Waals surface area contributed by atoms with Gasteiger partial charge in [0.2, 0.25) is 0 Å². The van der Waals surface area contributed by atoms with Crippen molar-refractivity contribution in [3.63, 3.8) is 0 Å². The first-order valence-electron chi connectivity index (χ1n) is 56.3. The zero-order valence-electron chi connectivity index (χ0n) is 90.9. The molecule has 12 aliphatic rings. The van der Waals surface area contributed by atoms with E-state index in [0.29, 0.717) is 16.7 Å². The molecule has 0 radical (unpaired) electrons. The molecular formula is C120H238F2. The molecule has 12 aliphatic carbocycles.